The Labute approximate surface area is 376 Å². The van der Waals surface area contributed by atoms with Gasteiger partial charge in [0, 0.05) is 5.41 Å². The van der Waals surface area contributed by atoms with Crippen LogP contribution in [0.15, 0.2) is 11.6 Å². The lowest BCUT2D eigenvalue weighted by Gasteiger charge is -2.72. The molecule has 23 atom stereocenters. The average molecular weight is 915 g/mol. The minimum atomic E-state index is -1.77. The van der Waals surface area contributed by atoms with Gasteiger partial charge >= 0.3 is 0 Å². The zero-order chi connectivity index (χ0) is 46.7. The molecule has 17 heteroatoms. The van der Waals surface area contributed by atoms with Crippen molar-refractivity contribution in [2.75, 3.05) is 26.4 Å². The monoisotopic (exact) mass is 915 g/mol. The van der Waals surface area contributed by atoms with Crippen LogP contribution in [0.1, 0.15) is 106 Å². The lowest BCUT2D eigenvalue weighted by molar-refractivity contribution is -0.348. The van der Waals surface area contributed by atoms with Crippen LogP contribution in [0, 0.1) is 50.2 Å². The third-order valence-corrected chi connectivity index (χ3v) is 19.0. The van der Waals surface area contributed by atoms with Crippen LogP contribution >= 0.6 is 0 Å². The lowest BCUT2D eigenvalue weighted by atomic mass is 9.33. The van der Waals surface area contributed by atoms with E-state index >= 15 is 0 Å². The predicted molar refractivity (Wildman–Crippen MR) is 225 cm³/mol. The summed E-state index contributed by atoms with van der Waals surface area (Å²) in [6, 6.07) is 0. The summed E-state index contributed by atoms with van der Waals surface area (Å²) in [4.78, 5) is 0. The predicted octanol–water partition coefficient (Wildman–Crippen LogP) is 0.224. The molecule has 4 saturated carbocycles. The first-order valence-electron chi connectivity index (χ1n) is 23.8. The highest BCUT2D eigenvalue weighted by Gasteiger charge is 2.70. The van der Waals surface area contributed by atoms with Crippen molar-refractivity contribution in [1.29, 1.82) is 0 Å². The summed E-state index contributed by atoms with van der Waals surface area (Å²) in [6.45, 7) is 15.0. The van der Waals surface area contributed by atoms with Crippen molar-refractivity contribution in [3.8, 4) is 0 Å². The Kier molecular flexibility index (Phi) is 13.5. The van der Waals surface area contributed by atoms with Crippen LogP contribution in [0.25, 0.3) is 0 Å². The number of allylic oxidation sites excluding steroid dienone is 2. The molecule has 17 nitrogen and oxygen atoms in total. The molecule has 0 amide bonds. The molecule has 3 saturated heterocycles. The molecule has 0 radical (unpaired) electrons. The van der Waals surface area contributed by atoms with Crippen molar-refractivity contribution >= 4 is 0 Å². The van der Waals surface area contributed by atoms with Crippen molar-refractivity contribution in [3.63, 3.8) is 0 Å². The summed E-state index contributed by atoms with van der Waals surface area (Å²) in [5.41, 5.74) is 0.237. The molecule has 23 unspecified atom stereocenters. The first kappa shape index (κ1) is 49.5. The number of fused-ring (bicyclic) bond motifs is 7. The quantitative estimate of drug-likeness (QED) is 0.109. The number of hydrogen-bond donors (Lipinski definition) is 11. The summed E-state index contributed by atoms with van der Waals surface area (Å²) in [5, 5.41) is 118. The highest BCUT2D eigenvalue weighted by Crippen LogP contribution is 2.76. The second-order valence-corrected chi connectivity index (χ2v) is 23.3. The van der Waals surface area contributed by atoms with Crippen LogP contribution in [0.3, 0.4) is 0 Å². The van der Waals surface area contributed by atoms with Crippen LogP contribution in [0.4, 0.5) is 0 Å². The molecular weight excluding hydrogens is 836 g/mol. The minimum Gasteiger partial charge on any atom is -0.396 e. The van der Waals surface area contributed by atoms with Crippen LogP contribution in [-0.4, -0.2) is 181 Å². The highest BCUT2D eigenvalue weighted by molar-refractivity contribution is 5.35. The van der Waals surface area contributed by atoms with E-state index in [4.69, 9.17) is 28.4 Å². The molecule has 3 heterocycles. The number of ether oxygens (including phenoxy) is 6. The van der Waals surface area contributed by atoms with Gasteiger partial charge in [-0.1, -0.05) is 60.1 Å². The maximum atomic E-state index is 12.1. The third kappa shape index (κ3) is 7.80. The second-order valence-electron chi connectivity index (χ2n) is 23.3. The fraction of sp³-hybridized carbons (Fsp3) is 0.957. The van der Waals surface area contributed by atoms with Gasteiger partial charge in [-0.25, -0.2) is 0 Å². The van der Waals surface area contributed by atoms with E-state index in [2.05, 4.69) is 54.5 Å². The molecule has 0 aromatic carbocycles. The number of aliphatic hydroxyl groups is 11. The second kappa shape index (κ2) is 17.5. The standard InChI is InChI=1S/C47H78O17/c1-42(2)14-15-47(21-48)23(16-42)22-8-9-28-44(5)12-11-30(43(3,4)27(44)10-13-45(28,6)46(22,7)17-29(47)50)64-41-38(58)35(55)33(53)26(63-41)20-61-40-37(57)34(54)32(52)25(62-40)19-60-39-36(56)31(51)24(49)18-59-39/h8,23-41,48-58H,9-21H2,1-7H3. The van der Waals surface area contributed by atoms with Gasteiger partial charge in [-0.15, -0.1) is 0 Å². The molecule has 0 bridgehead atoms. The molecular formula is C47H78O17. The fourth-order valence-electron chi connectivity index (χ4n) is 14.8. The van der Waals surface area contributed by atoms with E-state index in [0.29, 0.717) is 18.8 Å². The zero-order valence-electron chi connectivity index (χ0n) is 38.6. The molecule has 0 aromatic heterocycles. The lowest BCUT2D eigenvalue weighted by Crippen LogP contribution is -2.67. The molecule has 0 spiro atoms. The summed E-state index contributed by atoms with van der Waals surface area (Å²) in [5.74, 6) is 0.675. The number of aliphatic hydroxyl groups excluding tert-OH is 11. The molecule has 5 aliphatic carbocycles. The average Bonchev–Trinajstić information content (AvgIpc) is 3.23. The largest absolute Gasteiger partial charge is 0.396 e. The van der Waals surface area contributed by atoms with Gasteiger partial charge in [-0.05, 0) is 103 Å². The Morgan fingerprint density at radius 1 is 0.625 bits per heavy atom. The van der Waals surface area contributed by atoms with Gasteiger partial charge in [0.15, 0.2) is 18.9 Å². The van der Waals surface area contributed by atoms with Gasteiger partial charge in [0.1, 0.15) is 67.1 Å². The summed E-state index contributed by atoms with van der Waals surface area (Å²) in [7, 11) is 0. The Morgan fingerprint density at radius 3 is 1.86 bits per heavy atom. The van der Waals surface area contributed by atoms with E-state index in [0.717, 1.165) is 44.9 Å². The molecule has 7 fully saturated rings. The molecule has 64 heavy (non-hydrogen) atoms. The summed E-state index contributed by atoms with van der Waals surface area (Å²) < 4.78 is 35.0. The van der Waals surface area contributed by atoms with Gasteiger partial charge in [-0.2, -0.15) is 0 Å². The Balaban J connectivity index is 0.937. The van der Waals surface area contributed by atoms with Crippen molar-refractivity contribution < 1.29 is 84.6 Å². The van der Waals surface area contributed by atoms with Gasteiger partial charge in [0.05, 0.1) is 38.6 Å². The Hall–Kier alpha value is -0.940. The molecule has 8 rings (SSSR count). The smallest absolute Gasteiger partial charge is 0.186 e. The molecule has 8 aliphatic rings. The first-order valence-corrected chi connectivity index (χ1v) is 23.8. The van der Waals surface area contributed by atoms with Crippen LogP contribution in [0.5, 0.6) is 0 Å². The minimum absolute atomic E-state index is 0.00406. The van der Waals surface area contributed by atoms with Crippen LogP contribution in [0.2, 0.25) is 0 Å². The molecule has 368 valence electrons. The van der Waals surface area contributed by atoms with Gasteiger partial charge in [0.2, 0.25) is 0 Å². The van der Waals surface area contributed by atoms with Crippen LogP contribution < -0.4 is 0 Å². The maximum absolute atomic E-state index is 12.1. The molecule has 11 N–H and O–H groups in total. The zero-order valence-corrected chi connectivity index (χ0v) is 38.6. The Bertz CT molecular complexity index is 1700. The fourth-order valence-corrected chi connectivity index (χ4v) is 14.8. The van der Waals surface area contributed by atoms with Crippen molar-refractivity contribution in [1.82, 2.24) is 0 Å². The highest BCUT2D eigenvalue weighted by atomic mass is 16.7. The third-order valence-electron chi connectivity index (χ3n) is 19.0. The first-order chi connectivity index (χ1) is 29.9. The van der Waals surface area contributed by atoms with E-state index in [-0.39, 0.29) is 46.7 Å². The van der Waals surface area contributed by atoms with Gasteiger partial charge in [0.25, 0.3) is 0 Å². The topological polar surface area (TPSA) is 278 Å². The van der Waals surface area contributed by atoms with Crippen molar-refractivity contribution in [2.45, 2.75) is 204 Å². The summed E-state index contributed by atoms with van der Waals surface area (Å²) in [6.07, 6.45) is -12.3. The van der Waals surface area contributed by atoms with Crippen LogP contribution in [-0.2, 0) is 28.4 Å². The number of hydrogen-bond acceptors (Lipinski definition) is 17. The van der Waals surface area contributed by atoms with E-state index in [1.165, 1.54) is 5.57 Å². The van der Waals surface area contributed by atoms with Crippen molar-refractivity contribution in [3.05, 3.63) is 11.6 Å². The molecule has 3 aliphatic heterocycles. The van der Waals surface area contributed by atoms with Crippen molar-refractivity contribution in [2.24, 2.45) is 50.2 Å². The number of rotatable bonds is 9. The molecule has 0 aromatic rings. The maximum Gasteiger partial charge on any atom is 0.186 e. The van der Waals surface area contributed by atoms with Gasteiger partial charge < -0.3 is 84.6 Å². The van der Waals surface area contributed by atoms with E-state index in [9.17, 15) is 56.2 Å². The van der Waals surface area contributed by atoms with E-state index in [1.54, 1.807) is 0 Å². The van der Waals surface area contributed by atoms with Gasteiger partial charge in [-0.3, -0.25) is 0 Å². The summed E-state index contributed by atoms with van der Waals surface area (Å²) >= 11 is 0. The van der Waals surface area contributed by atoms with E-state index < -0.39 is 122 Å². The normalized spacial score (nSPS) is 54.7. The SMILES string of the molecule is CC1(C)CCC2(CO)C(O)CC3(C)C(=CCC4C5(C)CCC(OC6OC(COC7OC(COC8OCC(O)C(O)C8O)C(O)C(O)C7O)C(O)C(O)C6O)C(C)(C)C5CCC43C)C2C1. The van der Waals surface area contributed by atoms with E-state index in [1.807, 2.05) is 0 Å². The Morgan fingerprint density at radius 2 is 1.22 bits per heavy atom.